The molecular weight excluding hydrogens is 418 g/mol. The van der Waals surface area contributed by atoms with Crippen molar-refractivity contribution in [3.05, 3.63) is 104 Å². The molecule has 0 aromatic heterocycles. The second-order valence-corrected chi connectivity index (χ2v) is 7.72. The first-order valence-corrected chi connectivity index (χ1v) is 9.93. The van der Waals surface area contributed by atoms with Gasteiger partial charge in [-0.1, -0.05) is 48.0 Å². The molecule has 8 heteroatoms. The van der Waals surface area contributed by atoms with Gasteiger partial charge in [-0.25, -0.2) is 0 Å². The maximum atomic E-state index is 13.6. The van der Waals surface area contributed by atoms with Gasteiger partial charge in [-0.2, -0.15) is 0 Å². The van der Waals surface area contributed by atoms with Gasteiger partial charge in [0, 0.05) is 33.5 Å². The summed E-state index contributed by atoms with van der Waals surface area (Å²) in [4.78, 5) is 38.5. The zero-order valence-electron chi connectivity index (χ0n) is 16.5. The van der Waals surface area contributed by atoms with Gasteiger partial charge in [0.15, 0.2) is 0 Å². The van der Waals surface area contributed by atoms with E-state index >= 15 is 0 Å². The summed E-state index contributed by atoms with van der Waals surface area (Å²) in [7, 11) is 0. The van der Waals surface area contributed by atoms with Gasteiger partial charge < -0.3 is 10.2 Å². The fourth-order valence-corrected chi connectivity index (χ4v) is 3.95. The number of nitrogens with zero attached hydrogens (tertiary/aromatic N) is 2. The zero-order chi connectivity index (χ0) is 22.1. The Bertz CT molecular complexity index is 1200. The van der Waals surface area contributed by atoms with Gasteiger partial charge in [0.2, 0.25) is 5.91 Å². The van der Waals surface area contributed by atoms with E-state index in [-0.39, 0.29) is 23.7 Å². The minimum absolute atomic E-state index is 0.136. The number of aryl methyl sites for hydroxylation is 1. The molecule has 0 radical (unpaired) electrons. The highest BCUT2D eigenvalue weighted by molar-refractivity contribution is 6.30. The van der Waals surface area contributed by atoms with Crippen LogP contribution in [-0.4, -0.2) is 28.2 Å². The molecule has 1 atom stereocenters. The molecule has 1 N–H and O–H groups in total. The molecule has 3 aromatic rings. The summed E-state index contributed by atoms with van der Waals surface area (Å²) in [6.45, 7) is 1.39. The van der Waals surface area contributed by atoms with Crippen LogP contribution in [0.4, 0.5) is 11.4 Å². The first kappa shape index (κ1) is 20.6. The summed E-state index contributed by atoms with van der Waals surface area (Å²) in [6, 6.07) is 18.1. The van der Waals surface area contributed by atoms with Gasteiger partial charge in [0.25, 0.3) is 11.6 Å². The lowest BCUT2D eigenvalue weighted by molar-refractivity contribution is -0.385. The Morgan fingerprint density at radius 1 is 1.13 bits per heavy atom. The smallest absolute Gasteiger partial charge is 0.273 e. The number of anilines is 1. The van der Waals surface area contributed by atoms with Crippen LogP contribution in [0.25, 0.3) is 0 Å². The largest absolute Gasteiger partial charge is 0.324 e. The van der Waals surface area contributed by atoms with E-state index in [2.05, 4.69) is 5.32 Å². The fraction of sp³-hybridized carbons (Fsp3) is 0.130. The van der Waals surface area contributed by atoms with Crippen LogP contribution < -0.4 is 5.32 Å². The molecule has 0 bridgehead atoms. The molecule has 0 fully saturated rings. The number of nitro benzene ring substituents is 1. The first-order chi connectivity index (χ1) is 14.8. The Kier molecular flexibility index (Phi) is 5.44. The minimum atomic E-state index is -0.610. The SMILES string of the molecule is Cc1ccc(C(=O)N2CC(=O)Nc3ccc(Cl)cc3C2c2ccccc2)cc1[N+](=O)[O-]. The van der Waals surface area contributed by atoms with E-state index in [0.29, 0.717) is 21.8 Å². The van der Waals surface area contributed by atoms with Gasteiger partial charge >= 0.3 is 0 Å². The maximum Gasteiger partial charge on any atom is 0.273 e. The van der Waals surface area contributed by atoms with Crippen LogP contribution in [0.1, 0.15) is 33.1 Å². The van der Waals surface area contributed by atoms with Crippen LogP contribution in [0.15, 0.2) is 66.7 Å². The molecule has 1 aliphatic heterocycles. The highest BCUT2D eigenvalue weighted by atomic mass is 35.5. The number of rotatable bonds is 3. The summed E-state index contributed by atoms with van der Waals surface area (Å²) < 4.78 is 0. The van der Waals surface area contributed by atoms with Crippen LogP contribution in [0, 0.1) is 17.0 Å². The Balaban J connectivity index is 1.88. The number of fused-ring (bicyclic) bond motifs is 1. The number of halogens is 1. The third-order valence-electron chi connectivity index (χ3n) is 5.24. The summed E-state index contributed by atoms with van der Waals surface area (Å²) in [5, 5.41) is 14.7. The minimum Gasteiger partial charge on any atom is -0.324 e. The van der Waals surface area contributed by atoms with Gasteiger partial charge in [-0.3, -0.25) is 19.7 Å². The molecule has 156 valence electrons. The number of hydrogen-bond acceptors (Lipinski definition) is 4. The van der Waals surface area contributed by atoms with Crippen LogP contribution in [-0.2, 0) is 4.79 Å². The lowest BCUT2D eigenvalue weighted by atomic mass is 9.95. The van der Waals surface area contributed by atoms with Gasteiger partial charge in [-0.15, -0.1) is 0 Å². The van der Waals surface area contributed by atoms with Crippen molar-refractivity contribution in [2.24, 2.45) is 0 Å². The average Bonchev–Trinajstić information content (AvgIpc) is 2.89. The van der Waals surface area contributed by atoms with E-state index in [4.69, 9.17) is 11.6 Å². The molecule has 7 nitrogen and oxygen atoms in total. The highest BCUT2D eigenvalue weighted by Crippen LogP contribution is 2.38. The molecule has 0 saturated heterocycles. The highest BCUT2D eigenvalue weighted by Gasteiger charge is 2.34. The van der Waals surface area contributed by atoms with Crippen molar-refractivity contribution >= 4 is 34.8 Å². The molecule has 1 heterocycles. The molecule has 2 amide bonds. The van der Waals surface area contributed by atoms with Crippen molar-refractivity contribution in [3.8, 4) is 0 Å². The lowest BCUT2D eigenvalue weighted by Gasteiger charge is -2.30. The Morgan fingerprint density at radius 2 is 1.87 bits per heavy atom. The monoisotopic (exact) mass is 435 g/mol. The standard InChI is InChI=1S/C23H18ClN3O4/c1-14-7-8-16(11-20(14)27(30)31)23(29)26-13-21(28)25-19-10-9-17(24)12-18(19)22(26)15-5-3-2-4-6-15/h2-12,22H,13H2,1H3,(H,25,28). The topological polar surface area (TPSA) is 92.6 Å². The number of benzene rings is 3. The quantitative estimate of drug-likeness (QED) is 0.475. The predicted octanol–water partition coefficient (Wildman–Crippen LogP) is 4.74. The third-order valence-corrected chi connectivity index (χ3v) is 5.47. The Morgan fingerprint density at radius 3 is 2.58 bits per heavy atom. The number of carbonyl (C=O) groups is 2. The summed E-state index contributed by atoms with van der Waals surface area (Å²) >= 11 is 6.25. The number of nitrogens with one attached hydrogen (secondary N) is 1. The number of nitro groups is 1. The number of amides is 2. The number of hydrogen-bond donors (Lipinski definition) is 1. The van der Waals surface area contributed by atoms with Crippen molar-refractivity contribution < 1.29 is 14.5 Å². The van der Waals surface area contributed by atoms with Gasteiger partial charge in [0.1, 0.15) is 6.54 Å². The third kappa shape index (κ3) is 4.00. The molecule has 3 aromatic carbocycles. The normalized spacial score (nSPS) is 15.6. The molecule has 0 aliphatic carbocycles. The van der Waals surface area contributed by atoms with Crippen molar-refractivity contribution in [1.29, 1.82) is 0 Å². The Hall–Kier alpha value is -3.71. The zero-order valence-corrected chi connectivity index (χ0v) is 17.3. The Labute approximate surface area is 183 Å². The van der Waals surface area contributed by atoms with E-state index in [1.165, 1.54) is 23.1 Å². The van der Waals surface area contributed by atoms with Crippen LogP contribution >= 0.6 is 11.6 Å². The van der Waals surface area contributed by atoms with Crippen molar-refractivity contribution in [3.63, 3.8) is 0 Å². The molecule has 31 heavy (non-hydrogen) atoms. The van der Waals surface area contributed by atoms with Crippen LogP contribution in [0.2, 0.25) is 5.02 Å². The molecule has 1 aliphatic rings. The molecule has 0 saturated carbocycles. The van der Waals surface area contributed by atoms with Gasteiger partial charge in [0.05, 0.1) is 11.0 Å². The lowest BCUT2D eigenvalue weighted by Crippen LogP contribution is -2.39. The summed E-state index contributed by atoms with van der Waals surface area (Å²) in [5.41, 5.74) is 2.46. The van der Waals surface area contributed by atoms with Crippen molar-refractivity contribution in [2.45, 2.75) is 13.0 Å². The fourth-order valence-electron chi connectivity index (χ4n) is 3.77. The molecule has 4 rings (SSSR count). The molecular formula is C23H18ClN3O4. The molecule has 1 unspecified atom stereocenters. The van der Waals surface area contributed by atoms with Crippen LogP contribution in [0.5, 0.6) is 0 Å². The van der Waals surface area contributed by atoms with Crippen LogP contribution in [0.3, 0.4) is 0 Å². The van der Waals surface area contributed by atoms with Gasteiger partial charge in [-0.05, 0) is 36.8 Å². The molecule has 0 spiro atoms. The van der Waals surface area contributed by atoms with E-state index in [1.807, 2.05) is 30.3 Å². The van der Waals surface area contributed by atoms with E-state index in [1.54, 1.807) is 25.1 Å². The second-order valence-electron chi connectivity index (χ2n) is 7.28. The van der Waals surface area contributed by atoms with Crippen molar-refractivity contribution in [1.82, 2.24) is 4.90 Å². The van der Waals surface area contributed by atoms with E-state index in [0.717, 1.165) is 5.56 Å². The summed E-state index contributed by atoms with van der Waals surface area (Å²) in [6.07, 6.45) is 0. The number of carbonyl (C=O) groups excluding carboxylic acids is 2. The summed E-state index contributed by atoms with van der Waals surface area (Å²) in [5.74, 6) is -0.850. The van der Waals surface area contributed by atoms with Crippen molar-refractivity contribution in [2.75, 3.05) is 11.9 Å². The predicted molar refractivity (Wildman–Crippen MR) is 117 cm³/mol. The van der Waals surface area contributed by atoms with E-state index in [9.17, 15) is 19.7 Å². The average molecular weight is 436 g/mol. The second kappa shape index (κ2) is 8.20. The first-order valence-electron chi connectivity index (χ1n) is 9.55. The van der Waals surface area contributed by atoms with E-state index < -0.39 is 16.9 Å². The maximum absolute atomic E-state index is 13.6.